The summed E-state index contributed by atoms with van der Waals surface area (Å²) in [4.78, 5) is 21.2. The van der Waals surface area contributed by atoms with E-state index in [2.05, 4.69) is 21.4 Å². The molecule has 1 saturated heterocycles. The van der Waals surface area contributed by atoms with E-state index in [-0.39, 0.29) is 18.1 Å². The highest BCUT2D eigenvalue weighted by molar-refractivity contribution is 5.79. The molecule has 0 bridgehead atoms. The van der Waals surface area contributed by atoms with E-state index in [9.17, 15) is 4.79 Å². The SMILES string of the molecule is O=C(CCc1ccc2ccccc2n1)N[C@H]1CCCO[C@@H]1c1ccncc1. The summed E-state index contributed by atoms with van der Waals surface area (Å²) in [5.74, 6) is 0.0412. The first-order valence-electron chi connectivity index (χ1n) is 9.45. The van der Waals surface area contributed by atoms with Crippen LogP contribution in [0.25, 0.3) is 10.9 Å². The van der Waals surface area contributed by atoms with Gasteiger partial charge in [0.05, 0.1) is 11.6 Å². The van der Waals surface area contributed by atoms with Crippen molar-refractivity contribution in [3.8, 4) is 0 Å². The highest BCUT2D eigenvalue weighted by Crippen LogP contribution is 2.28. The zero-order valence-electron chi connectivity index (χ0n) is 15.2. The van der Waals surface area contributed by atoms with Crippen molar-refractivity contribution in [2.45, 2.75) is 37.8 Å². The molecule has 2 atom stereocenters. The quantitative estimate of drug-likeness (QED) is 0.754. The van der Waals surface area contributed by atoms with Crippen molar-refractivity contribution in [3.63, 3.8) is 0 Å². The van der Waals surface area contributed by atoms with Gasteiger partial charge in [-0.05, 0) is 49.1 Å². The third-order valence-corrected chi connectivity index (χ3v) is 4.97. The number of nitrogens with one attached hydrogen (secondary N) is 1. The van der Waals surface area contributed by atoms with Crippen molar-refractivity contribution in [2.24, 2.45) is 0 Å². The molecule has 5 nitrogen and oxygen atoms in total. The van der Waals surface area contributed by atoms with Crippen molar-refractivity contribution in [1.29, 1.82) is 0 Å². The van der Waals surface area contributed by atoms with E-state index in [4.69, 9.17) is 4.74 Å². The van der Waals surface area contributed by atoms with Crippen molar-refractivity contribution in [3.05, 3.63) is 72.2 Å². The second-order valence-corrected chi connectivity index (χ2v) is 6.88. The minimum absolute atomic E-state index is 0.00165. The van der Waals surface area contributed by atoms with Gasteiger partial charge in [0, 0.05) is 36.5 Å². The molecular formula is C22H23N3O2. The highest BCUT2D eigenvalue weighted by atomic mass is 16.5. The van der Waals surface area contributed by atoms with Gasteiger partial charge in [0.2, 0.25) is 5.91 Å². The molecule has 0 unspecified atom stereocenters. The van der Waals surface area contributed by atoms with Crippen LogP contribution in [-0.4, -0.2) is 28.5 Å². The third kappa shape index (κ3) is 4.31. The Labute approximate surface area is 158 Å². The number of aryl methyl sites for hydroxylation is 1. The number of hydrogen-bond acceptors (Lipinski definition) is 4. The number of pyridine rings is 2. The number of carbonyl (C=O) groups excluding carboxylic acids is 1. The summed E-state index contributed by atoms with van der Waals surface area (Å²) in [5.41, 5.74) is 2.97. The number of ether oxygens (including phenoxy) is 1. The Kier molecular flexibility index (Phi) is 5.39. The van der Waals surface area contributed by atoms with E-state index >= 15 is 0 Å². The number of fused-ring (bicyclic) bond motifs is 1. The van der Waals surface area contributed by atoms with Crippen LogP contribution in [0.4, 0.5) is 0 Å². The maximum Gasteiger partial charge on any atom is 0.220 e. The van der Waals surface area contributed by atoms with Gasteiger partial charge in [-0.25, -0.2) is 0 Å². The molecule has 1 N–H and O–H groups in total. The van der Waals surface area contributed by atoms with Crippen molar-refractivity contribution < 1.29 is 9.53 Å². The Hall–Kier alpha value is -2.79. The lowest BCUT2D eigenvalue weighted by Crippen LogP contribution is -2.42. The fourth-order valence-corrected chi connectivity index (χ4v) is 3.58. The third-order valence-electron chi connectivity index (χ3n) is 4.97. The van der Waals surface area contributed by atoms with Crippen molar-refractivity contribution in [2.75, 3.05) is 6.61 Å². The summed E-state index contributed by atoms with van der Waals surface area (Å²) in [6.07, 6.45) is 6.35. The highest BCUT2D eigenvalue weighted by Gasteiger charge is 2.28. The van der Waals surface area contributed by atoms with Gasteiger partial charge in [0.15, 0.2) is 0 Å². The predicted molar refractivity (Wildman–Crippen MR) is 104 cm³/mol. The van der Waals surface area contributed by atoms with Crippen LogP contribution in [0.1, 0.15) is 36.6 Å². The number of nitrogens with zero attached hydrogens (tertiary/aromatic N) is 2. The van der Waals surface area contributed by atoms with E-state index in [1.807, 2.05) is 42.5 Å². The van der Waals surface area contributed by atoms with Crippen molar-refractivity contribution >= 4 is 16.8 Å². The first-order chi connectivity index (χ1) is 13.3. The number of para-hydroxylation sites is 1. The number of carbonyl (C=O) groups is 1. The molecule has 4 rings (SSSR count). The number of benzene rings is 1. The van der Waals surface area contributed by atoms with Crippen LogP contribution in [-0.2, 0) is 16.0 Å². The smallest absolute Gasteiger partial charge is 0.220 e. The zero-order valence-corrected chi connectivity index (χ0v) is 15.2. The minimum atomic E-state index is -0.107. The molecule has 0 radical (unpaired) electrons. The summed E-state index contributed by atoms with van der Waals surface area (Å²) in [5, 5.41) is 4.28. The van der Waals surface area contributed by atoms with E-state index in [0.717, 1.165) is 41.6 Å². The Morgan fingerprint density at radius 3 is 2.85 bits per heavy atom. The minimum Gasteiger partial charge on any atom is -0.371 e. The second kappa shape index (κ2) is 8.27. The molecule has 27 heavy (non-hydrogen) atoms. The van der Waals surface area contributed by atoms with Gasteiger partial charge in [0.1, 0.15) is 6.10 Å². The van der Waals surface area contributed by atoms with Gasteiger partial charge in [0.25, 0.3) is 0 Å². The molecule has 3 heterocycles. The first kappa shape index (κ1) is 17.6. The molecular weight excluding hydrogens is 338 g/mol. The Morgan fingerprint density at radius 2 is 1.96 bits per heavy atom. The molecule has 1 fully saturated rings. The molecule has 0 aliphatic carbocycles. The lowest BCUT2D eigenvalue weighted by atomic mass is 9.96. The molecule has 0 saturated carbocycles. The van der Waals surface area contributed by atoms with Crippen LogP contribution in [0.5, 0.6) is 0 Å². The van der Waals surface area contributed by atoms with Crippen LogP contribution in [0.3, 0.4) is 0 Å². The fraction of sp³-hybridized carbons (Fsp3) is 0.318. The summed E-state index contributed by atoms with van der Waals surface area (Å²) < 4.78 is 5.93. The lowest BCUT2D eigenvalue weighted by Gasteiger charge is -2.32. The van der Waals surface area contributed by atoms with Gasteiger partial charge >= 0.3 is 0 Å². The number of rotatable bonds is 5. The van der Waals surface area contributed by atoms with E-state index in [1.54, 1.807) is 12.4 Å². The fourth-order valence-electron chi connectivity index (χ4n) is 3.58. The van der Waals surface area contributed by atoms with Gasteiger partial charge < -0.3 is 10.1 Å². The zero-order chi connectivity index (χ0) is 18.5. The Bertz CT molecular complexity index is 914. The predicted octanol–water partition coefficient (Wildman–Crippen LogP) is 3.60. The van der Waals surface area contributed by atoms with Crippen LogP contribution >= 0.6 is 0 Å². The largest absolute Gasteiger partial charge is 0.371 e. The van der Waals surface area contributed by atoms with Gasteiger partial charge in [-0.15, -0.1) is 0 Å². The van der Waals surface area contributed by atoms with Gasteiger partial charge in [-0.3, -0.25) is 14.8 Å². The molecule has 5 heteroatoms. The molecule has 2 aromatic heterocycles. The second-order valence-electron chi connectivity index (χ2n) is 6.88. The molecule has 138 valence electrons. The monoisotopic (exact) mass is 361 g/mol. The molecule has 1 aliphatic heterocycles. The molecule has 1 aromatic carbocycles. The number of aromatic nitrogens is 2. The van der Waals surface area contributed by atoms with Crippen LogP contribution in [0.2, 0.25) is 0 Å². The normalized spacial score (nSPS) is 19.7. The molecule has 1 aliphatic rings. The topological polar surface area (TPSA) is 64.1 Å². The van der Waals surface area contributed by atoms with Gasteiger partial charge in [-0.2, -0.15) is 0 Å². The van der Waals surface area contributed by atoms with Crippen molar-refractivity contribution in [1.82, 2.24) is 15.3 Å². The molecule has 0 spiro atoms. The van der Waals surface area contributed by atoms with E-state index in [1.165, 1.54) is 0 Å². The van der Waals surface area contributed by atoms with E-state index in [0.29, 0.717) is 12.8 Å². The average Bonchev–Trinajstić information content (AvgIpc) is 2.73. The first-order valence-corrected chi connectivity index (χ1v) is 9.45. The van der Waals surface area contributed by atoms with Crippen LogP contribution in [0, 0.1) is 0 Å². The standard InChI is InChI=1S/C22H23N3O2/c26-21(10-9-18-8-7-16-4-1-2-5-19(16)24-18)25-20-6-3-15-27-22(20)17-11-13-23-14-12-17/h1-2,4-5,7-8,11-14,20,22H,3,6,9-10,15H2,(H,25,26)/t20-,22+/m0/s1. The average molecular weight is 361 g/mol. The maximum absolute atomic E-state index is 12.5. The van der Waals surface area contributed by atoms with Crippen LogP contribution < -0.4 is 5.32 Å². The molecule has 3 aromatic rings. The maximum atomic E-state index is 12.5. The lowest BCUT2D eigenvalue weighted by molar-refractivity contribution is -0.124. The Balaban J connectivity index is 1.37. The summed E-state index contributed by atoms with van der Waals surface area (Å²) >= 11 is 0. The molecule has 1 amide bonds. The van der Waals surface area contributed by atoms with Gasteiger partial charge in [-0.1, -0.05) is 24.3 Å². The Morgan fingerprint density at radius 1 is 1.11 bits per heavy atom. The summed E-state index contributed by atoms with van der Waals surface area (Å²) in [7, 11) is 0. The van der Waals surface area contributed by atoms with Crippen LogP contribution in [0.15, 0.2) is 60.9 Å². The number of hydrogen-bond donors (Lipinski definition) is 1. The van der Waals surface area contributed by atoms with E-state index < -0.39 is 0 Å². The number of amides is 1. The summed E-state index contributed by atoms with van der Waals surface area (Å²) in [6, 6.07) is 16.0. The summed E-state index contributed by atoms with van der Waals surface area (Å²) in [6.45, 7) is 0.723.